The molecular weight excluding hydrogens is 439 g/mol. The average Bonchev–Trinajstić information content (AvgIpc) is 2.81. The Hall–Kier alpha value is -1.69. The number of rotatable bonds is 5. The van der Waals surface area contributed by atoms with E-state index in [0.717, 1.165) is 29.7 Å². The molecule has 0 spiro atoms. The Morgan fingerprint density at radius 3 is 2.28 bits per heavy atom. The van der Waals surface area contributed by atoms with E-state index in [4.69, 9.17) is 11.6 Å². The minimum absolute atomic E-state index is 0. The van der Waals surface area contributed by atoms with E-state index in [1.54, 1.807) is 0 Å². The Kier molecular flexibility index (Phi) is 8.03. The molecule has 0 N–H and O–H groups in total. The number of halogens is 2. The van der Waals surface area contributed by atoms with Crippen molar-refractivity contribution in [2.24, 2.45) is 0 Å². The average molecular weight is 471 g/mol. The molecule has 0 amide bonds. The first-order chi connectivity index (χ1) is 15.2. The molecule has 2 aliphatic heterocycles. The van der Waals surface area contributed by atoms with Crippen molar-refractivity contribution in [1.29, 1.82) is 0 Å². The van der Waals surface area contributed by atoms with Crippen LogP contribution in [-0.4, -0.2) is 65.0 Å². The number of piperazine rings is 1. The summed E-state index contributed by atoms with van der Waals surface area (Å²) in [6.07, 6.45) is 4.46. The number of nitrogens with zero attached hydrogens (tertiary/aromatic N) is 4. The van der Waals surface area contributed by atoms with E-state index < -0.39 is 0 Å². The van der Waals surface area contributed by atoms with Crippen molar-refractivity contribution in [3.05, 3.63) is 76.9 Å². The van der Waals surface area contributed by atoms with Gasteiger partial charge in [0.25, 0.3) is 0 Å². The van der Waals surface area contributed by atoms with Gasteiger partial charge in [-0.1, -0.05) is 48.0 Å². The summed E-state index contributed by atoms with van der Waals surface area (Å²) in [7, 11) is 0. The third-order valence-corrected chi connectivity index (χ3v) is 7.15. The zero-order valence-electron chi connectivity index (χ0n) is 18.5. The second-order valence-electron chi connectivity index (χ2n) is 8.94. The highest BCUT2D eigenvalue weighted by Gasteiger charge is 2.27. The molecule has 0 saturated carbocycles. The van der Waals surface area contributed by atoms with Gasteiger partial charge < -0.3 is 0 Å². The van der Waals surface area contributed by atoms with Gasteiger partial charge in [-0.2, -0.15) is 0 Å². The lowest BCUT2D eigenvalue weighted by Crippen LogP contribution is -2.52. The van der Waals surface area contributed by atoms with Crippen LogP contribution in [0.5, 0.6) is 0 Å². The molecule has 2 aromatic carbocycles. The highest BCUT2D eigenvalue weighted by Crippen LogP contribution is 2.24. The molecule has 170 valence electrons. The predicted molar refractivity (Wildman–Crippen MR) is 136 cm³/mol. The number of hydrogen-bond donors (Lipinski definition) is 0. The molecule has 5 rings (SSSR count). The lowest BCUT2D eigenvalue weighted by Gasteiger charge is -2.43. The maximum absolute atomic E-state index is 6.14. The van der Waals surface area contributed by atoms with Gasteiger partial charge in [0.05, 0.1) is 5.52 Å². The summed E-state index contributed by atoms with van der Waals surface area (Å²) in [6.45, 7) is 9.19. The molecule has 3 aromatic rings. The highest BCUT2D eigenvalue weighted by atomic mass is 35.5. The predicted octanol–water partition coefficient (Wildman–Crippen LogP) is 5.09. The number of aromatic nitrogens is 1. The fourth-order valence-corrected chi connectivity index (χ4v) is 5.30. The molecule has 3 heterocycles. The van der Waals surface area contributed by atoms with Gasteiger partial charge in [-0.15, -0.1) is 12.4 Å². The fourth-order valence-electron chi connectivity index (χ4n) is 5.13. The van der Waals surface area contributed by atoms with Crippen molar-refractivity contribution in [3.8, 4) is 0 Å². The normalized spacial score (nSPS) is 19.2. The van der Waals surface area contributed by atoms with E-state index in [0.29, 0.717) is 0 Å². The molecule has 32 heavy (non-hydrogen) atoms. The maximum atomic E-state index is 6.14. The van der Waals surface area contributed by atoms with Crippen molar-refractivity contribution in [2.75, 3.05) is 39.3 Å². The smallest absolute Gasteiger partial charge is 0.0720 e. The van der Waals surface area contributed by atoms with Gasteiger partial charge in [0, 0.05) is 61.9 Å². The van der Waals surface area contributed by atoms with E-state index in [1.807, 2.05) is 18.3 Å². The van der Waals surface area contributed by atoms with Crippen molar-refractivity contribution < 1.29 is 0 Å². The number of hydrogen-bond acceptors (Lipinski definition) is 4. The molecular formula is C26H32Cl2N4. The number of piperidine rings is 1. The first-order valence-corrected chi connectivity index (χ1v) is 11.9. The number of benzene rings is 2. The van der Waals surface area contributed by atoms with Crippen molar-refractivity contribution >= 4 is 34.9 Å². The SMILES string of the molecule is Cl.Clc1ccc2c(CN3CCC(N4CCN(Cc5ccccc5)CC4)CC3)ccnc2c1. The number of pyridine rings is 1. The first-order valence-electron chi connectivity index (χ1n) is 11.5. The topological polar surface area (TPSA) is 22.6 Å². The molecule has 2 aliphatic rings. The summed E-state index contributed by atoms with van der Waals surface area (Å²) in [5, 5.41) is 1.98. The Morgan fingerprint density at radius 2 is 1.53 bits per heavy atom. The van der Waals surface area contributed by atoms with Crippen LogP contribution in [0.25, 0.3) is 10.9 Å². The van der Waals surface area contributed by atoms with Crippen LogP contribution in [0, 0.1) is 0 Å². The fraction of sp³-hybridized carbons (Fsp3) is 0.423. The summed E-state index contributed by atoms with van der Waals surface area (Å²) in [6, 6.07) is 19.8. The Labute approximate surface area is 202 Å². The van der Waals surface area contributed by atoms with Crippen molar-refractivity contribution in [3.63, 3.8) is 0 Å². The zero-order chi connectivity index (χ0) is 21.0. The molecule has 6 heteroatoms. The Balaban J connectivity index is 0.00000245. The van der Waals surface area contributed by atoms with E-state index in [1.165, 1.54) is 68.6 Å². The minimum atomic E-state index is 0. The number of likely N-dealkylation sites (tertiary alicyclic amines) is 1. The van der Waals surface area contributed by atoms with Gasteiger partial charge in [0.1, 0.15) is 0 Å². The van der Waals surface area contributed by atoms with Gasteiger partial charge in [0.15, 0.2) is 0 Å². The van der Waals surface area contributed by atoms with Gasteiger partial charge in [-0.3, -0.25) is 19.7 Å². The molecule has 1 aromatic heterocycles. The van der Waals surface area contributed by atoms with Crippen LogP contribution >= 0.6 is 24.0 Å². The third kappa shape index (κ3) is 5.62. The zero-order valence-corrected chi connectivity index (χ0v) is 20.1. The van der Waals surface area contributed by atoms with Crippen LogP contribution < -0.4 is 0 Å². The second kappa shape index (κ2) is 11.0. The molecule has 4 nitrogen and oxygen atoms in total. The van der Waals surface area contributed by atoms with Gasteiger partial charge >= 0.3 is 0 Å². The molecule has 2 fully saturated rings. The molecule has 0 unspecified atom stereocenters. The van der Waals surface area contributed by atoms with Crippen LogP contribution in [0.4, 0.5) is 0 Å². The third-order valence-electron chi connectivity index (χ3n) is 6.92. The molecule has 2 saturated heterocycles. The monoisotopic (exact) mass is 470 g/mol. The molecule has 0 atom stereocenters. The van der Waals surface area contributed by atoms with Crippen LogP contribution in [0.1, 0.15) is 24.0 Å². The summed E-state index contributed by atoms with van der Waals surface area (Å²) < 4.78 is 0. The maximum Gasteiger partial charge on any atom is 0.0720 e. The molecule has 0 bridgehead atoms. The highest BCUT2D eigenvalue weighted by molar-refractivity contribution is 6.31. The Morgan fingerprint density at radius 1 is 0.812 bits per heavy atom. The molecule has 0 aliphatic carbocycles. The van der Waals surface area contributed by atoms with Crippen molar-refractivity contribution in [2.45, 2.75) is 32.0 Å². The summed E-state index contributed by atoms with van der Waals surface area (Å²) in [5.74, 6) is 0. The summed E-state index contributed by atoms with van der Waals surface area (Å²) in [5.41, 5.74) is 3.78. The molecule has 0 radical (unpaired) electrons. The number of fused-ring (bicyclic) bond motifs is 1. The Bertz CT molecular complexity index is 997. The lowest BCUT2D eigenvalue weighted by molar-refractivity contribution is 0.0551. The van der Waals surface area contributed by atoms with E-state index >= 15 is 0 Å². The first kappa shape index (κ1) is 23.5. The van der Waals surface area contributed by atoms with Crippen molar-refractivity contribution in [1.82, 2.24) is 19.7 Å². The van der Waals surface area contributed by atoms with Gasteiger partial charge in [0.2, 0.25) is 0 Å². The largest absolute Gasteiger partial charge is 0.299 e. The summed E-state index contributed by atoms with van der Waals surface area (Å²) >= 11 is 6.14. The minimum Gasteiger partial charge on any atom is -0.299 e. The van der Waals surface area contributed by atoms with Crippen LogP contribution in [0.15, 0.2) is 60.8 Å². The van der Waals surface area contributed by atoms with Gasteiger partial charge in [-0.05, 0) is 55.3 Å². The van der Waals surface area contributed by atoms with Crippen LogP contribution in [0.3, 0.4) is 0 Å². The van der Waals surface area contributed by atoms with Crippen LogP contribution in [-0.2, 0) is 13.1 Å². The van der Waals surface area contributed by atoms with Gasteiger partial charge in [-0.25, -0.2) is 0 Å². The standard InChI is InChI=1S/C26H31ClN4.ClH/c27-23-6-7-25-22(8-11-28-26(25)18-23)20-29-12-9-24(10-13-29)31-16-14-30(15-17-31)19-21-4-2-1-3-5-21;/h1-8,11,18,24H,9-10,12-17,19-20H2;1H. The quantitative estimate of drug-likeness (QED) is 0.517. The second-order valence-corrected chi connectivity index (χ2v) is 9.37. The van der Waals surface area contributed by atoms with E-state index in [9.17, 15) is 0 Å². The van der Waals surface area contributed by atoms with E-state index in [2.05, 4.69) is 62.1 Å². The van der Waals surface area contributed by atoms with Crippen LogP contribution in [0.2, 0.25) is 5.02 Å². The van der Waals surface area contributed by atoms with E-state index in [-0.39, 0.29) is 12.4 Å². The lowest BCUT2D eigenvalue weighted by atomic mass is 10.0. The summed E-state index contributed by atoms with van der Waals surface area (Å²) in [4.78, 5) is 12.4.